The number of nitrogens with zero attached hydrogens (tertiary/aromatic N) is 3. The molecule has 28 heavy (non-hydrogen) atoms. The molecule has 0 fully saturated rings. The van der Waals surface area contributed by atoms with Crippen LogP contribution in [-0.4, -0.2) is 21.8 Å². The van der Waals surface area contributed by atoms with E-state index in [4.69, 9.17) is 16.3 Å². The molecule has 7 heteroatoms. The van der Waals surface area contributed by atoms with Gasteiger partial charge in [-0.25, -0.2) is 14.6 Å². The van der Waals surface area contributed by atoms with Crippen molar-refractivity contribution in [2.24, 2.45) is 0 Å². The summed E-state index contributed by atoms with van der Waals surface area (Å²) >= 11 is 5.95. The summed E-state index contributed by atoms with van der Waals surface area (Å²) in [4.78, 5) is 22.0. The lowest BCUT2D eigenvalue weighted by atomic mass is 10.2. The van der Waals surface area contributed by atoms with E-state index in [-0.39, 0.29) is 5.56 Å². The highest BCUT2D eigenvalue weighted by molar-refractivity contribution is 6.30. The SMILES string of the molecule is COc1cccc(-c2nc3ncccc3c(=O)n2NCc2ccc(Cl)cc2)c1. The summed E-state index contributed by atoms with van der Waals surface area (Å²) in [6.45, 7) is 0.432. The Morgan fingerprint density at radius 1 is 1.11 bits per heavy atom. The van der Waals surface area contributed by atoms with Crippen LogP contribution >= 0.6 is 11.6 Å². The third-order valence-corrected chi connectivity index (χ3v) is 4.58. The lowest BCUT2D eigenvalue weighted by Gasteiger charge is -2.16. The Balaban J connectivity index is 1.83. The molecule has 0 aliphatic heterocycles. The zero-order chi connectivity index (χ0) is 19.5. The Kier molecular flexibility index (Phi) is 4.95. The van der Waals surface area contributed by atoms with Crippen molar-refractivity contribution in [1.29, 1.82) is 0 Å². The molecule has 0 radical (unpaired) electrons. The number of methoxy groups -OCH3 is 1. The first-order valence-corrected chi connectivity index (χ1v) is 9.04. The van der Waals surface area contributed by atoms with E-state index in [0.717, 1.165) is 11.1 Å². The number of aromatic nitrogens is 3. The third-order valence-electron chi connectivity index (χ3n) is 4.33. The number of ether oxygens (including phenoxy) is 1. The van der Waals surface area contributed by atoms with E-state index in [1.807, 2.05) is 48.5 Å². The van der Waals surface area contributed by atoms with Gasteiger partial charge in [0.15, 0.2) is 11.5 Å². The van der Waals surface area contributed by atoms with E-state index >= 15 is 0 Å². The van der Waals surface area contributed by atoms with Crippen molar-refractivity contribution in [2.75, 3.05) is 12.5 Å². The van der Waals surface area contributed by atoms with Crippen molar-refractivity contribution in [3.63, 3.8) is 0 Å². The van der Waals surface area contributed by atoms with Crippen LogP contribution in [0.5, 0.6) is 5.75 Å². The highest BCUT2D eigenvalue weighted by atomic mass is 35.5. The molecule has 1 N–H and O–H groups in total. The van der Waals surface area contributed by atoms with Crippen LogP contribution in [0.1, 0.15) is 5.56 Å². The summed E-state index contributed by atoms with van der Waals surface area (Å²) < 4.78 is 6.76. The molecule has 0 atom stereocenters. The smallest absolute Gasteiger partial charge is 0.281 e. The first-order chi connectivity index (χ1) is 13.7. The Bertz CT molecular complexity index is 1190. The van der Waals surface area contributed by atoms with Gasteiger partial charge in [-0.1, -0.05) is 35.9 Å². The van der Waals surface area contributed by atoms with Gasteiger partial charge in [0, 0.05) is 16.8 Å². The molecule has 0 saturated carbocycles. The lowest BCUT2D eigenvalue weighted by molar-refractivity contribution is 0.415. The van der Waals surface area contributed by atoms with Gasteiger partial charge in [0.2, 0.25) is 0 Å². The zero-order valence-electron chi connectivity index (χ0n) is 15.1. The quantitative estimate of drug-likeness (QED) is 0.558. The fourth-order valence-electron chi connectivity index (χ4n) is 2.90. The fourth-order valence-corrected chi connectivity index (χ4v) is 3.02. The van der Waals surface area contributed by atoms with Crippen molar-refractivity contribution in [3.05, 3.63) is 87.8 Å². The van der Waals surface area contributed by atoms with E-state index in [2.05, 4.69) is 15.4 Å². The molecule has 0 bridgehead atoms. The Hall–Kier alpha value is -3.38. The summed E-state index contributed by atoms with van der Waals surface area (Å²) in [6.07, 6.45) is 1.62. The minimum Gasteiger partial charge on any atom is -0.497 e. The van der Waals surface area contributed by atoms with Gasteiger partial charge in [0.05, 0.1) is 19.0 Å². The average molecular weight is 393 g/mol. The van der Waals surface area contributed by atoms with Crippen LogP contribution in [0.25, 0.3) is 22.4 Å². The monoisotopic (exact) mass is 392 g/mol. The van der Waals surface area contributed by atoms with Crippen LogP contribution in [0.4, 0.5) is 0 Å². The van der Waals surface area contributed by atoms with Crippen LogP contribution in [0, 0.1) is 0 Å². The standard InChI is InChI=1S/C21H17ClN4O2/c1-28-17-5-2-4-15(12-17)20-25-19-18(6-3-11-23-19)21(27)26(20)24-13-14-7-9-16(22)10-8-14/h2-12,24H,13H2,1H3. The maximum Gasteiger partial charge on any atom is 0.281 e. The summed E-state index contributed by atoms with van der Waals surface area (Å²) in [5.74, 6) is 1.14. The van der Waals surface area contributed by atoms with Crippen molar-refractivity contribution in [1.82, 2.24) is 14.6 Å². The van der Waals surface area contributed by atoms with Gasteiger partial charge in [-0.2, -0.15) is 0 Å². The molecule has 0 aliphatic rings. The molecule has 2 aromatic carbocycles. The molecule has 6 nitrogen and oxygen atoms in total. The first-order valence-electron chi connectivity index (χ1n) is 8.66. The van der Waals surface area contributed by atoms with E-state index in [1.165, 1.54) is 4.68 Å². The van der Waals surface area contributed by atoms with Gasteiger partial charge < -0.3 is 10.2 Å². The van der Waals surface area contributed by atoms with Crippen molar-refractivity contribution in [2.45, 2.75) is 6.54 Å². The van der Waals surface area contributed by atoms with E-state index in [9.17, 15) is 4.79 Å². The van der Waals surface area contributed by atoms with Crippen LogP contribution < -0.4 is 15.7 Å². The Labute approximate surface area is 166 Å². The summed E-state index contributed by atoms with van der Waals surface area (Å²) in [6, 6.07) is 18.3. The molecule has 0 spiro atoms. The molecule has 0 unspecified atom stereocenters. The zero-order valence-corrected chi connectivity index (χ0v) is 15.8. The molecule has 2 heterocycles. The van der Waals surface area contributed by atoms with E-state index in [0.29, 0.717) is 34.2 Å². The molecule has 140 valence electrons. The van der Waals surface area contributed by atoms with Crippen molar-refractivity contribution < 1.29 is 4.74 Å². The molecule has 0 amide bonds. The topological polar surface area (TPSA) is 69.0 Å². The average Bonchev–Trinajstić information content (AvgIpc) is 2.74. The van der Waals surface area contributed by atoms with Crippen molar-refractivity contribution in [3.8, 4) is 17.1 Å². The second-order valence-electron chi connectivity index (χ2n) is 6.14. The number of benzene rings is 2. The van der Waals surface area contributed by atoms with Gasteiger partial charge in [0.25, 0.3) is 5.56 Å². The number of fused-ring (bicyclic) bond motifs is 1. The summed E-state index contributed by atoms with van der Waals surface area (Å²) in [5, 5.41) is 1.11. The van der Waals surface area contributed by atoms with Gasteiger partial charge in [-0.15, -0.1) is 0 Å². The van der Waals surface area contributed by atoms with E-state index in [1.54, 1.807) is 25.4 Å². The molecule has 4 aromatic rings. The third kappa shape index (κ3) is 3.54. The lowest BCUT2D eigenvalue weighted by Crippen LogP contribution is -2.31. The highest BCUT2D eigenvalue weighted by Gasteiger charge is 2.14. The minimum atomic E-state index is -0.218. The van der Waals surface area contributed by atoms with Crippen LogP contribution in [0.15, 0.2) is 71.7 Å². The molecule has 2 aromatic heterocycles. The van der Waals surface area contributed by atoms with Crippen LogP contribution in [-0.2, 0) is 6.54 Å². The second kappa shape index (κ2) is 7.70. The normalized spacial score (nSPS) is 10.8. The minimum absolute atomic E-state index is 0.218. The van der Waals surface area contributed by atoms with Crippen LogP contribution in [0.3, 0.4) is 0 Å². The predicted octanol–water partition coefficient (Wildman–Crippen LogP) is 3.86. The van der Waals surface area contributed by atoms with Gasteiger partial charge in [-0.3, -0.25) is 4.79 Å². The molecule has 4 rings (SSSR count). The maximum absolute atomic E-state index is 13.1. The molecular formula is C21H17ClN4O2. The van der Waals surface area contributed by atoms with Gasteiger partial charge in [0.1, 0.15) is 5.75 Å². The summed E-state index contributed by atoms with van der Waals surface area (Å²) in [7, 11) is 1.60. The van der Waals surface area contributed by atoms with Gasteiger partial charge in [-0.05, 0) is 42.0 Å². The molecule has 0 aliphatic carbocycles. The fraction of sp³-hybridized carbons (Fsp3) is 0.0952. The predicted molar refractivity (Wildman–Crippen MR) is 110 cm³/mol. The number of nitrogens with one attached hydrogen (secondary N) is 1. The molecular weight excluding hydrogens is 376 g/mol. The van der Waals surface area contributed by atoms with Gasteiger partial charge >= 0.3 is 0 Å². The van der Waals surface area contributed by atoms with Crippen molar-refractivity contribution >= 4 is 22.6 Å². The highest BCUT2D eigenvalue weighted by Crippen LogP contribution is 2.22. The number of hydrogen-bond donors (Lipinski definition) is 1. The second-order valence-corrected chi connectivity index (χ2v) is 6.58. The maximum atomic E-state index is 13.1. The summed E-state index contributed by atoms with van der Waals surface area (Å²) in [5.41, 5.74) is 5.08. The largest absolute Gasteiger partial charge is 0.497 e. The number of pyridine rings is 1. The van der Waals surface area contributed by atoms with Crippen LogP contribution in [0.2, 0.25) is 5.02 Å². The van der Waals surface area contributed by atoms with E-state index < -0.39 is 0 Å². The Morgan fingerprint density at radius 3 is 2.71 bits per heavy atom. The number of rotatable bonds is 5. The first kappa shape index (κ1) is 18.0. The Morgan fingerprint density at radius 2 is 1.93 bits per heavy atom. The molecule has 0 saturated heterocycles. The number of hydrogen-bond acceptors (Lipinski definition) is 5. The number of halogens is 1.